The molecule has 0 saturated carbocycles. The summed E-state index contributed by atoms with van der Waals surface area (Å²) in [5.74, 6) is -0.339. The van der Waals surface area contributed by atoms with Crippen molar-refractivity contribution in [3.8, 4) is 0 Å². The summed E-state index contributed by atoms with van der Waals surface area (Å²) in [6.45, 7) is 3.88. The van der Waals surface area contributed by atoms with E-state index >= 15 is 0 Å². The van der Waals surface area contributed by atoms with Crippen LogP contribution in [0.1, 0.15) is 10.4 Å². The molecular formula is C16H23N3O4. The van der Waals surface area contributed by atoms with Crippen molar-refractivity contribution in [1.29, 1.82) is 0 Å². The first-order chi connectivity index (χ1) is 11.2. The Morgan fingerprint density at radius 2 is 1.74 bits per heavy atom. The van der Waals surface area contributed by atoms with E-state index < -0.39 is 0 Å². The van der Waals surface area contributed by atoms with Gasteiger partial charge >= 0.3 is 12.0 Å². The number of carbonyl (C=O) groups is 2. The Balaban J connectivity index is 1.84. The summed E-state index contributed by atoms with van der Waals surface area (Å²) < 4.78 is 9.60. The van der Waals surface area contributed by atoms with Crippen LogP contribution in [0.4, 0.5) is 10.5 Å². The van der Waals surface area contributed by atoms with Crippen LogP contribution in [0.15, 0.2) is 24.3 Å². The van der Waals surface area contributed by atoms with E-state index in [4.69, 9.17) is 4.74 Å². The lowest BCUT2D eigenvalue weighted by Gasteiger charge is -2.36. The number of rotatable bonds is 5. The van der Waals surface area contributed by atoms with E-state index in [0.717, 1.165) is 18.8 Å². The largest absolute Gasteiger partial charge is 0.465 e. The van der Waals surface area contributed by atoms with E-state index in [-0.39, 0.29) is 12.0 Å². The highest BCUT2D eigenvalue weighted by Gasteiger charge is 2.21. The first kappa shape index (κ1) is 17.1. The van der Waals surface area contributed by atoms with Gasteiger partial charge in [0.2, 0.25) is 0 Å². The Labute approximate surface area is 136 Å². The summed E-state index contributed by atoms with van der Waals surface area (Å²) in [6, 6.07) is 7.26. The number of methoxy groups -OCH3 is 2. The second-order valence-electron chi connectivity index (χ2n) is 5.24. The number of anilines is 1. The van der Waals surface area contributed by atoms with Gasteiger partial charge in [-0.15, -0.1) is 0 Å². The topological polar surface area (TPSA) is 71.1 Å². The molecule has 1 aromatic rings. The number of nitrogens with zero attached hydrogens (tertiary/aromatic N) is 2. The number of hydrogen-bond acceptors (Lipinski definition) is 5. The monoisotopic (exact) mass is 321 g/mol. The van der Waals surface area contributed by atoms with Crippen LogP contribution >= 0.6 is 0 Å². The number of amides is 2. The summed E-state index contributed by atoms with van der Waals surface area (Å²) in [5.41, 5.74) is 1.57. The van der Waals surface area contributed by atoms with Gasteiger partial charge in [-0.05, 0) is 24.3 Å². The Morgan fingerprint density at radius 1 is 1.09 bits per heavy atom. The van der Waals surface area contributed by atoms with E-state index in [0.29, 0.717) is 31.8 Å². The van der Waals surface area contributed by atoms with Gasteiger partial charge in [-0.2, -0.15) is 0 Å². The molecule has 0 radical (unpaired) electrons. The molecule has 1 aliphatic rings. The summed E-state index contributed by atoms with van der Waals surface area (Å²) in [4.78, 5) is 27.4. The van der Waals surface area contributed by atoms with Crippen molar-refractivity contribution in [2.75, 3.05) is 58.5 Å². The number of ether oxygens (including phenoxy) is 2. The number of esters is 1. The van der Waals surface area contributed by atoms with Gasteiger partial charge in [0, 0.05) is 45.5 Å². The van der Waals surface area contributed by atoms with E-state index in [1.54, 1.807) is 24.1 Å². The number of nitrogens with one attached hydrogen (secondary N) is 1. The van der Waals surface area contributed by atoms with E-state index in [9.17, 15) is 9.59 Å². The maximum atomic E-state index is 12.0. The summed E-state index contributed by atoms with van der Waals surface area (Å²) in [7, 11) is 2.98. The van der Waals surface area contributed by atoms with Crippen molar-refractivity contribution in [2.45, 2.75) is 0 Å². The Hall–Kier alpha value is -2.28. The van der Waals surface area contributed by atoms with Crippen molar-refractivity contribution < 1.29 is 19.1 Å². The summed E-state index contributed by atoms with van der Waals surface area (Å²) in [5, 5.41) is 2.83. The van der Waals surface area contributed by atoms with Crippen LogP contribution in [0.25, 0.3) is 0 Å². The first-order valence-electron chi connectivity index (χ1n) is 7.60. The fourth-order valence-electron chi connectivity index (χ4n) is 2.47. The highest BCUT2D eigenvalue weighted by molar-refractivity contribution is 5.89. The van der Waals surface area contributed by atoms with Gasteiger partial charge in [-0.1, -0.05) is 0 Å². The predicted octanol–water partition coefficient (Wildman–Crippen LogP) is 0.951. The van der Waals surface area contributed by atoms with Crippen molar-refractivity contribution >= 4 is 17.7 Å². The van der Waals surface area contributed by atoms with E-state index in [1.807, 2.05) is 12.1 Å². The third-order valence-corrected chi connectivity index (χ3v) is 3.80. The van der Waals surface area contributed by atoms with Gasteiger partial charge in [0.15, 0.2) is 0 Å². The molecule has 0 unspecified atom stereocenters. The molecule has 0 aromatic heterocycles. The van der Waals surface area contributed by atoms with Crippen molar-refractivity contribution in [2.24, 2.45) is 0 Å². The smallest absolute Gasteiger partial charge is 0.337 e. The van der Waals surface area contributed by atoms with E-state index in [1.165, 1.54) is 7.11 Å². The summed E-state index contributed by atoms with van der Waals surface area (Å²) in [6.07, 6.45) is 0. The zero-order valence-corrected chi connectivity index (χ0v) is 13.6. The van der Waals surface area contributed by atoms with Crippen molar-refractivity contribution in [3.05, 3.63) is 29.8 Å². The molecule has 2 amide bonds. The molecule has 7 nitrogen and oxygen atoms in total. The molecule has 0 bridgehead atoms. The van der Waals surface area contributed by atoms with Crippen LogP contribution < -0.4 is 10.2 Å². The molecule has 1 aliphatic heterocycles. The van der Waals surface area contributed by atoms with Gasteiger partial charge in [-0.25, -0.2) is 9.59 Å². The second-order valence-corrected chi connectivity index (χ2v) is 5.24. The van der Waals surface area contributed by atoms with Crippen LogP contribution in [0, 0.1) is 0 Å². The second kappa shape index (κ2) is 8.38. The molecule has 1 fully saturated rings. The molecule has 0 atom stereocenters. The Morgan fingerprint density at radius 3 is 2.30 bits per heavy atom. The normalized spacial score (nSPS) is 14.5. The van der Waals surface area contributed by atoms with Crippen LogP contribution in [0.3, 0.4) is 0 Å². The molecule has 1 aromatic carbocycles. The molecular weight excluding hydrogens is 298 g/mol. The molecule has 2 rings (SSSR count). The summed E-state index contributed by atoms with van der Waals surface area (Å²) >= 11 is 0. The van der Waals surface area contributed by atoms with Crippen molar-refractivity contribution in [3.63, 3.8) is 0 Å². The number of piperazine rings is 1. The quantitative estimate of drug-likeness (QED) is 0.646. The van der Waals surface area contributed by atoms with Gasteiger partial charge in [0.25, 0.3) is 0 Å². The number of benzene rings is 1. The maximum Gasteiger partial charge on any atom is 0.337 e. The molecule has 7 heteroatoms. The van der Waals surface area contributed by atoms with Gasteiger partial charge in [-0.3, -0.25) is 0 Å². The average molecular weight is 321 g/mol. The number of carbonyl (C=O) groups excluding carboxylic acids is 2. The van der Waals surface area contributed by atoms with Crippen LogP contribution in [-0.2, 0) is 9.47 Å². The Kier molecular flexibility index (Phi) is 6.22. The third-order valence-electron chi connectivity index (χ3n) is 3.80. The van der Waals surface area contributed by atoms with Gasteiger partial charge < -0.3 is 24.6 Å². The van der Waals surface area contributed by atoms with E-state index in [2.05, 4.69) is 15.0 Å². The average Bonchev–Trinajstić information content (AvgIpc) is 2.61. The predicted molar refractivity (Wildman–Crippen MR) is 86.8 cm³/mol. The zero-order chi connectivity index (χ0) is 16.7. The molecule has 126 valence electrons. The molecule has 1 saturated heterocycles. The molecule has 0 aliphatic carbocycles. The minimum atomic E-state index is -0.339. The van der Waals surface area contributed by atoms with Crippen LogP contribution in [0.5, 0.6) is 0 Å². The minimum absolute atomic E-state index is 0.0530. The zero-order valence-electron chi connectivity index (χ0n) is 13.6. The highest BCUT2D eigenvalue weighted by Crippen LogP contribution is 2.17. The Bertz CT molecular complexity index is 525. The fourth-order valence-corrected chi connectivity index (χ4v) is 2.47. The molecule has 1 heterocycles. The lowest BCUT2D eigenvalue weighted by molar-refractivity contribution is 0.0600. The molecule has 23 heavy (non-hydrogen) atoms. The lowest BCUT2D eigenvalue weighted by atomic mass is 10.2. The fraction of sp³-hybridized carbons (Fsp3) is 0.500. The highest BCUT2D eigenvalue weighted by atomic mass is 16.5. The minimum Gasteiger partial charge on any atom is -0.465 e. The van der Waals surface area contributed by atoms with Gasteiger partial charge in [0.05, 0.1) is 19.3 Å². The third kappa shape index (κ3) is 4.59. The lowest BCUT2D eigenvalue weighted by Crippen LogP contribution is -2.52. The maximum absolute atomic E-state index is 12.0. The number of hydrogen-bond donors (Lipinski definition) is 1. The molecule has 1 N–H and O–H groups in total. The van der Waals surface area contributed by atoms with Crippen molar-refractivity contribution in [1.82, 2.24) is 10.2 Å². The SMILES string of the molecule is COCCNC(=O)N1CCN(c2ccc(C(=O)OC)cc2)CC1. The number of urea groups is 1. The first-order valence-corrected chi connectivity index (χ1v) is 7.60. The van der Waals surface area contributed by atoms with Crippen LogP contribution in [-0.4, -0.2) is 70.5 Å². The van der Waals surface area contributed by atoms with Crippen LogP contribution in [0.2, 0.25) is 0 Å². The standard InChI is InChI=1S/C16H23N3O4/c1-22-12-7-17-16(21)19-10-8-18(9-11-19)14-5-3-13(4-6-14)15(20)23-2/h3-6H,7-12H2,1-2H3,(H,17,21). The van der Waals surface area contributed by atoms with Gasteiger partial charge in [0.1, 0.15) is 0 Å². The molecule has 0 spiro atoms.